The second-order valence-corrected chi connectivity index (χ2v) is 11.2. The van der Waals surface area contributed by atoms with Crippen LogP contribution in [0.2, 0.25) is 0 Å². The van der Waals surface area contributed by atoms with Crippen LogP contribution in [0.25, 0.3) is 5.69 Å². The molecule has 0 spiro atoms. The van der Waals surface area contributed by atoms with E-state index in [0.29, 0.717) is 22.4 Å². The van der Waals surface area contributed by atoms with E-state index < -0.39 is 0 Å². The van der Waals surface area contributed by atoms with Gasteiger partial charge in [-0.3, -0.25) is 0 Å². The number of hydrogen-bond donors (Lipinski definition) is 1. The number of benzene rings is 2. The molecule has 0 saturated heterocycles. The van der Waals surface area contributed by atoms with E-state index in [1.807, 2.05) is 42.5 Å². The Morgan fingerprint density at radius 3 is 2.34 bits per heavy atom. The molecule has 1 heterocycles. The van der Waals surface area contributed by atoms with Crippen molar-refractivity contribution in [1.82, 2.24) is 25.5 Å². The Bertz CT molecular complexity index is 1090. The van der Waals surface area contributed by atoms with Crippen molar-refractivity contribution >= 4 is 0 Å². The molecule has 4 bridgehead atoms. The molecule has 2 unspecified atom stereocenters. The van der Waals surface area contributed by atoms with Crippen molar-refractivity contribution in [2.45, 2.75) is 64.5 Å². The summed E-state index contributed by atoms with van der Waals surface area (Å²) in [5, 5.41) is 15.9. The lowest BCUT2D eigenvalue weighted by atomic mass is 9.43. The van der Waals surface area contributed by atoms with Gasteiger partial charge in [0, 0.05) is 12.1 Å². The van der Waals surface area contributed by atoms with Gasteiger partial charge in [-0.1, -0.05) is 49.3 Å². The highest BCUT2D eigenvalue weighted by atomic mass is 16.5. The van der Waals surface area contributed by atoms with Gasteiger partial charge in [-0.2, -0.15) is 4.68 Å². The Morgan fingerprint density at radius 2 is 1.66 bits per heavy atom. The molecule has 0 aliphatic heterocycles. The molecule has 0 amide bonds. The number of ether oxygens (including phenoxy) is 1. The predicted octanol–water partition coefficient (Wildman–Crippen LogP) is 5.29. The molecule has 32 heavy (non-hydrogen) atoms. The Kier molecular flexibility index (Phi) is 4.44. The molecule has 6 heteroatoms. The van der Waals surface area contributed by atoms with Crippen LogP contribution in [0.4, 0.5) is 0 Å². The number of rotatable bonds is 6. The largest absolute Gasteiger partial charge is 0.423 e. The highest BCUT2D eigenvalue weighted by Gasteiger charge is 2.59. The van der Waals surface area contributed by atoms with Crippen molar-refractivity contribution < 1.29 is 4.74 Å². The molecule has 4 saturated carbocycles. The Labute approximate surface area is 189 Å². The van der Waals surface area contributed by atoms with Crippen molar-refractivity contribution in [2.24, 2.45) is 16.7 Å². The van der Waals surface area contributed by atoms with Gasteiger partial charge in [-0.05, 0) is 95.5 Å². The van der Waals surface area contributed by atoms with Gasteiger partial charge in [0.05, 0.1) is 5.69 Å². The molecule has 4 fully saturated rings. The summed E-state index contributed by atoms with van der Waals surface area (Å²) in [4.78, 5) is 0. The normalized spacial score (nSPS) is 32.9. The van der Waals surface area contributed by atoms with E-state index in [-0.39, 0.29) is 0 Å². The average molecular weight is 430 g/mol. The fraction of sp³-hybridized carbons (Fsp3) is 0.500. The number of nitrogens with zero attached hydrogens (tertiary/aromatic N) is 4. The number of hydrogen-bond acceptors (Lipinski definition) is 5. The predicted molar refractivity (Wildman–Crippen MR) is 123 cm³/mol. The third-order valence-corrected chi connectivity index (χ3v) is 7.87. The summed E-state index contributed by atoms with van der Waals surface area (Å²) in [5.41, 5.74) is 3.52. The third-order valence-electron chi connectivity index (χ3n) is 7.87. The first kappa shape index (κ1) is 19.9. The lowest BCUT2D eigenvalue weighted by molar-refractivity contribution is -0.118. The molecular weight excluding hydrogens is 398 g/mol. The van der Waals surface area contributed by atoms with E-state index in [9.17, 15) is 0 Å². The zero-order chi connectivity index (χ0) is 21.8. The molecule has 166 valence electrons. The summed E-state index contributed by atoms with van der Waals surface area (Å²) in [7, 11) is 0. The van der Waals surface area contributed by atoms with Crippen molar-refractivity contribution in [3.8, 4) is 17.4 Å². The molecule has 4 aliphatic carbocycles. The van der Waals surface area contributed by atoms with Gasteiger partial charge >= 0.3 is 6.01 Å². The molecule has 2 atom stereocenters. The first-order valence-corrected chi connectivity index (χ1v) is 11.8. The SMILES string of the molecule is CC12CC3CC(C)(C1)CC(NCc1ccc(Oc4nnnn4-c4ccccc4)cc1)(C3)C2. The highest BCUT2D eigenvalue weighted by Crippen LogP contribution is 2.66. The minimum absolute atomic E-state index is 0.315. The molecule has 2 aromatic carbocycles. The van der Waals surface area contributed by atoms with Crippen LogP contribution in [0.1, 0.15) is 57.9 Å². The monoisotopic (exact) mass is 429 g/mol. The zero-order valence-electron chi connectivity index (χ0n) is 18.9. The van der Waals surface area contributed by atoms with Crippen molar-refractivity contribution in [1.29, 1.82) is 0 Å². The van der Waals surface area contributed by atoms with E-state index >= 15 is 0 Å². The van der Waals surface area contributed by atoms with E-state index in [4.69, 9.17) is 4.74 Å². The first-order chi connectivity index (χ1) is 15.4. The summed E-state index contributed by atoms with van der Waals surface area (Å²) in [6.45, 7) is 5.96. The van der Waals surface area contributed by atoms with Gasteiger partial charge in [0.2, 0.25) is 0 Å². The van der Waals surface area contributed by atoms with Gasteiger partial charge in [0.25, 0.3) is 0 Å². The molecule has 3 aromatic rings. The lowest BCUT2D eigenvalue weighted by Crippen LogP contribution is -2.63. The molecule has 7 rings (SSSR count). The number of aromatic nitrogens is 4. The second-order valence-electron chi connectivity index (χ2n) is 11.2. The molecule has 1 aromatic heterocycles. The number of tetrazole rings is 1. The highest BCUT2D eigenvalue weighted by molar-refractivity contribution is 5.34. The van der Waals surface area contributed by atoms with Crippen LogP contribution in [-0.4, -0.2) is 25.7 Å². The summed E-state index contributed by atoms with van der Waals surface area (Å²) < 4.78 is 7.57. The molecule has 6 nitrogen and oxygen atoms in total. The molecule has 0 radical (unpaired) electrons. The summed E-state index contributed by atoms with van der Waals surface area (Å²) in [6.07, 6.45) is 8.28. The van der Waals surface area contributed by atoms with Crippen LogP contribution >= 0.6 is 0 Å². The lowest BCUT2D eigenvalue weighted by Gasteiger charge is -2.65. The van der Waals surface area contributed by atoms with Crippen molar-refractivity contribution in [3.63, 3.8) is 0 Å². The van der Waals surface area contributed by atoms with Crippen LogP contribution in [0.15, 0.2) is 54.6 Å². The molecular formula is C26H31N5O. The smallest absolute Gasteiger partial charge is 0.345 e. The van der Waals surface area contributed by atoms with Crippen LogP contribution in [0.5, 0.6) is 11.8 Å². The minimum Gasteiger partial charge on any atom is -0.423 e. The van der Waals surface area contributed by atoms with Crippen LogP contribution in [0, 0.1) is 16.7 Å². The van der Waals surface area contributed by atoms with Gasteiger partial charge < -0.3 is 10.1 Å². The second kappa shape index (κ2) is 7.14. The Morgan fingerprint density at radius 1 is 0.938 bits per heavy atom. The van der Waals surface area contributed by atoms with Gasteiger partial charge in [0.1, 0.15) is 5.75 Å². The maximum atomic E-state index is 5.97. The third kappa shape index (κ3) is 3.60. The Balaban J connectivity index is 1.13. The quantitative estimate of drug-likeness (QED) is 0.576. The Hall–Kier alpha value is -2.73. The summed E-state index contributed by atoms with van der Waals surface area (Å²) in [6, 6.07) is 18.4. The minimum atomic E-state index is 0.315. The van der Waals surface area contributed by atoms with Crippen LogP contribution in [-0.2, 0) is 6.54 Å². The summed E-state index contributed by atoms with van der Waals surface area (Å²) >= 11 is 0. The van der Waals surface area contributed by atoms with Crippen molar-refractivity contribution in [3.05, 3.63) is 60.2 Å². The van der Waals surface area contributed by atoms with Gasteiger partial charge in [-0.25, -0.2) is 0 Å². The maximum Gasteiger partial charge on any atom is 0.345 e. The van der Waals surface area contributed by atoms with Gasteiger partial charge in [-0.15, -0.1) is 0 Å². The number of para-hydroxylation sites is 1. The topological polar surface area (TPSA) is 64.9 Å². The van der Waals surface area contributed by atoms with Crippen LogP contribution in [0.3, 0.4) is 0 Å². The standard InChI is InChI=1S/C26H31N5O/c1-24-12-20-13-25(2,16-24)18-26(14-20,17-24)27-15-19-8-10-22(11-9-19)32-23-28-29-30-31(23)21-6-4-3-5-7-21/h3-11,20,27H,12-18H2,1-2H3. The van der Waals surface area contributed by atoms with E-state index in [1.54, 1.807) is 4.68 Å². The van der Waals surface area contributed by atoms with E-state index in [2.05, 4.69) is 46.8 Å². The van der Waals surface area contributed by atoms with Crippen molar-refractivity contribution in [2.75, 3.05) is 0 Å². The van der Waals surface area contributed by atoms with Gasteiger partial charge in [0.15, 0.2) is 0 Å². The fourth-order valence-electron chi connectivity index (χ4n) is 7.69. The molecule has 1 N–H and O–H groups in total. The molecule has 4 aliphatic rings. The van der Waals surface area contributed by atoms with Crippen LogP contribution < -0.4 is 10.1 Å². The van der Waals surface area contributed by atoms with E-state index in [0.717, 1.165) is 23.9 Å². The average Bonchev–Trinajstić information content (AvgIpc) is 3.19. The fourth-order valence-corrected chi connectivity index (χ4v) is 7.69. The number of nitrogens with one attached hydrogen (secondary N) is 1. The maximum absolute atomic E-state index is 5.97. The summed E-state index contributed by atoms with van der Waals surface area (Å²) in [5.74, 6) is 1.63. The van der Waals surface area contributed by atoms with E-state index in [1.165, 1.54) is 44.1 Å². The zero-order valence-corrected chi connectivity index (χ0v) is 18.9. The first-order valence-electron chi connectivity index (χ1n) is 11.8.